The third-order valence-electron chi connectivity index (χ3n) is 6.23. The van der Waals surface area contributed by atoms with E-state index in [1.807, 2.05) is 50.2 Å². The molecule has 0 spiro atoms. The van der Waals surface area contributed by atoms with Gasteiger partial charge in [-0.1, -0.05) is 86.5 Å². The SMILES string of the molecule is CCCCNC(=O)[C@H](CC)N(Cc1ccccc1Cl)C(=O)CN(c1cccc2ccccc12)S(C)(=O)=O. The molecule has 1 N–H and O–H groups in total. The number of carbonyl (C=O) groups excluding carboxylic acids is 2. The highest BCUT2D eigenvalue weighted by Gasteiger charge is 2.32. The normalized spacial score (nSPS) is 12.2. The lowest BCUT2D eigenvalue weighted by atomic mass is 10.1. The number of carbonyl (C=O) groups is 2. The lowest BCUT2D eigenvalue weighted by molar-refractivity contribution is -0.140. The molecular formula is C28H34ClN3O4S. The summed E-state index contributed by atoms with van der Waals surface area (Å²) in [5.41, 5.74) is 1.08. The van der Waals surface area contributed by atoms with Gasteiger partial charge in [0.25, 0.3) is 0 Å². The van der Waals surface area contributed by atoms with E-state index in [0.717, 1.165) is 28.8 Å². The molecule has 0 bridgehead atoms. The van der Waals surface area contributed by atoms with E-state index in [9.17, 15) is 18.0 Å². The van der Waals surface area contributed by atoms with E-state index in [2.05, 4.69) is 5.32 Å². The molecule has 3 aromatic carbocycles. The van der Waals surface area contributed by atoms with E-state index in [4.69, 9.17) is 11.6 Å². The van der Waals surface area contributed by atoms with Crippen molar-refractivity contribution in [2.24, 2.45) is 0 Å². The van der Waals surface area contributed by atoms with Gasteiger partial charge in [0, 0.05) is 23.5 Å². The zero-order valence-corrected chi connectivity index (χ0v) is 23.1. The summed E-state index contributed by atoms with van der Waals surface area (Å²) < 4.78 is 27.0. The van der Waals surface area contributed by atoms with Crippen LogP contribution in [0.1, 0.15) is 38.7 Å². The number of unbranched alkanes of at least 4 members (excludes halogenated alkanes) is 1. The molecule has 0 saturated heterocycles. The maximum absolute atomic E-state index is 13.9. The van der Waals surface area contributed by atoms with Gasteiger partial charge in [0.05, 0.1) is 11.9 Å². The Morgan fingerprint density at radius 3 is 2.32 bits per heavy atom. The number of sulfonamides is 1. The molecule has 0 fully saturated rings. The van der Waals surface area contributed by atoms with Crippen molar-refractivity contribution in [1.29, 1.82) is 0 Å². The molecule has 198 valence electrons. The Bertz CT molecular complexity index is 1340. The second-order valence-corrected chi connectivity index (χ2v) is 11.3. The molecule has 1 atom stereocenters. The van der Waals surface area contributed by atoms with E-state index in [-0.39, 0.29) is 12.5 Å². The van der Waals surface area contributed by atoms with Crippen LogP contribution in [0, 0.1) is 0 Å². The standard InChI is InChI=1S/C28H34ClN3O4S/c1-4-6-18-30-28(34)25(5-2)31(19-22-13-8-10-16-24(22)29)27(33)20-32(37(3,35)36)26-17-11-14-21-12-7-9-15-23(21)26/h7-17,25H,4-6,18-20H2,1-3H3,(H,30,34)/t25-/m0/s1. The van der Waals surface area contributed by atoms with Crippen molar-refractivity contribution in [2.45, 2.75) is 45.7 Å². The van der Waals surface area contributed by atoms with Crippen molar-refractivity contribution in [1.82, 2.24) is 10.2 Å². The monoisotopic (exact) mass is 543 g/mol. The fraction of sp³-hybridized carbons (Fsp3) is 0.357. The third kappa shape index (κ3) is 7.23. The molecule has 0 aromatic heterocycles. The zero-order chi connectivity index (χ0) is 27.0. The van der Waals surface area contributed by atoms with E-state index >= 15 is 0 Å². The smallest absolute Gasteiger partial charge is 0.244 e. The van der Waals surface area contributed by atoms with E-state index < -0.39 is 28.5 Å². The van der Waals surface area contributed by atoms with Crippen molar-refractivity contribution in [3.05, 3.63) is 77.3 Å². The first kappa shape index (κ1) is 28.5. The molecule has 0 aliphatic rings. The van der Waals surface area contributed by atoms with Gasteiger partial charge >= 0.3 is 0 Å². The maximum atomic E-state index is 13.9. The van der Waals surface area contributed by atoms with Crippen LogP contribution in [-0.2, 0) is 26.2 Å². The predicted molar refractivity (Wildman–Crippen MR) is 150 cm³/mol. The quantitative estimate of drug-likeness (QED) is 0.326. The average molecular weight is 544 g/mol. The highest BCUT2D eigenvalue weighted by atomic mass is 35.5. The molecule has 0 heterocycles. The summed E-state index contributed by atoms with van der Waals surface area (Å²) in [5, 5.41) is 4.95. The topological polar surface area (TPSA) is 86.8 Å². The number of nitrogens with one attached hydrogen (secondary N) is 1. The van der Waals surface area contributed by atoms with Gasteiger partial charge in [-0.2, -0.15) is 0 Å². The molecular weight excluding hydrogens is 510 g/mol. The third-order valence-corrected chi connectivity index (χ3v) is 7.72. The predicted octanol–water partition coefficient (Wildman–Crippen LogP) is 4.98. The summed E-state index contributed by atoms with van der Waals surface area (Å²) in [7, 11) is -3.83. The summed E-state index contributed by atoms with van der Waals surface area (Å²) in [5.74, 6) is -0.761. The second-order valence-electron chi connectivity index (χ2n) is 8.95. The van der Waals surface area contributed by atoms with Crippen LogP contribution < -0.4 is 9.62 Å². The van der Waals surface area contributed by atoms with Crippen LogP contribution in [0.25, 0.3) is 10.8 Å². The molecule has 3 rings (SSSR count). The summed E-state index contributed by atoms with van der Waals surface area (Å²) in [6.45, 7) is 3.99. The van der Waals surface area contributed by atoms with Crippen LogP contribution >= 0.6 is 11.6 Å². The molecule has 3 aromatic rings. The fourth-order valence-corrected chi connectivity index (χ4v) is 5.31. The number of halogens is 1. The first-order chi connectivity index (χ1) is 17.7. The Balaban J connectivity index is 2.00. The minimum Gasteiger partial charge on any atom is -0.354 e. The zero-order valence-electron chi connectivity index (χ0n) is 21.5. The molecule has 9 heteroatoms. The number of benzene rings is 3. The maximum Gasteiger partial charge on any atom is 0.244 e. The number of anilines is 1. The molecule has 0 unspecified atom stereocenters. The number of nitrogens with zero attached hydrogens (tertiary/aromatic N) is 2. The van der Waals surface area contributed by atoms with Gasteiger partial charge in [-0.25, -0.2) is 8.42 Å². The Hall–Kier alpha value is -3.10. The summed E-state index contributed by atoms with van der Waals surface area (Å²) in [4.78, 5) is 28.4. The van der Waals surface area contributed by atoms with Crippen LogP contribution in [0.2, 0.25) is 5.02 Å². The van der Waals surface area contributed by atoms with Crippen molar-refractivity contribution >= 4 is 49.9 Å². The Kier molecular flexibility index (Phi) is 9.94. The highest BCUT2D eigenvalue weighted by molar-refractivity contribution is 7.92. The van der Waals surface area contributed by atoms with Crippen molar-refractivity contribution in [3.8, 4) is 0 Å². The van der Waals surface area contributed by atoms with Crippen molar-refractivity contribution in [2.75, 3.05) is 23.7 Å². The summed E-state index contributed by atoms with van der Waals surface area (Å²) in [6, 6.07) is 19.1. The van der Waals surface area contributed by atoms with Crippen LogP contribution in [0.3, 0.4) is 0 Å². The average Bonchev–Trinajstić information content (AvgIpc) is 2.87. The lowest BCUT2D eigenvalue weighted by Gasteiger charge is -2.33. The van der Waals surface area contributed by atoms with Crippen LogP contribution in [0.15, 0.2) is 66.7 Å². The van der Waals surface area contributed by atoms with E-state index in [1.54, 1.807) is 30.3 Å². The van der Waals surface area contributed by atoms with E-state index in [0.29, 0.717) is 34.6 Å². The minimum atomic E-state index is -3.83. The van der Waals surface area contributed by atoms with E-state index in [1.165, 1.54) is 4.90 Å². The van der Waals surface area contributed by atoms with Crippen LogP contribution in [0.5, 0.6) is 0 Å². The Labute approximate surface area is 224 Å². The number of fused-ring (bicyclic) bond motifs is 1. The Morgan fingerprint density at radius 1 is 0.973 bits per heavy atom. The molecule has 0 aliphatic carbocycles. The van der Waals surface area contributed by atoms with Crippen molar-refractivity contribution < 1.29 is 18.0 Å². The largest absolute Gasteiger partial charge is 0.354 e. The van der Waals surface area contributed by atoms with Crippen molar-refractivity contribution in [3.63, 3.8) is 0 Å². The molecule has 7 nitrogen and oxygen atoms in total. The summed E-state index contributed by atoms with van der Waals surface area (Å²) in [6.07, 6.45) is 3.19. The molecule has 37 heavy (non-hydrogen) atoms. The van der Waals surface area contributed by atoms with Crippen LogP contribution in [0.4, 0.5) is 5.69 Å². The van der Waals surface area contributed by atoms with Crippen LogP contribution in [-0.4, -0.2) is 50.5 Å². The van der Waals surface area contributed by atoms with Gasteiger partial charge in [-0.05, 0) is 35.9 Å². The Morgan fingerprint density at radius 2 is 1.65 bits per heavy atom. The minimum absolute atomic E-state index is 0.0748. The highest BCUT2D eigenvalue weighted by Crippen LogP contribution is 2.29. The molecule has 0 saturated carbocycles. The molecule has 2 amide bonds. The summed E-state index contributed by atoms with van der Waals surface area (Å²) >= 11 is 6.40. The first-order valence-electron chi connectivity index (χ1n) is 12.4. The first-order valence-corrected chi connectivity index (χ1v) is 14.7. The number of amides is 2. The lowest BCUT2D eigenvalue weighted by Crippen LogP contribution is -2.52. The van der Waals surface area contributed by atoms with Gasteiger partial charge in [0.2, 0.25) is 21.8 Å². The molecule has 0 radical (unpaired) electrons. The van der Waals surface area contributed by atoms with Gasteiger partial charge in [0.15, 0.2) is 0 Å². The van der Waals surface area contributed by atoms with Gasteiger partial charge in [-0.15, -0.1) is 0 Å². The number of rotatable bonds is 12. The fourth-order valence-electron chi connectivity index (χ4n) is 4.26. The van der Waals surface area contributed by atoms with Gasteiger partial charge in [-0.3, -0.25) is 13.9 Å². The molecule has 0 aliphatic heterocycles. The number of hydrogen-bond donors (Lipinski definition) is 1. The second kappa shape index (κ2) is 12.9. The van der Waals surface area contributed by atoms with Gasteiger partial charge in [0.1, 0.15) is 12.6 Å². The van der Waals surface area contributed by atoms with Gasteiger partial charge < -0.3 is 10.2 Å². The number of hydrogen-bond acceptors (Lipinski definition) is 4.